The van der Waals surface area contributed by atoms with Crippen LogP contribution in [0.5, 0.6) is 0 Å². The Kier molecular flexibility index (Phi) is 4.19. The van der Waals surface area contributed by atoms with Crippen molar-refractivity contribution in [3.63, 3.8) is 0 Å². The fourth-order valence-electron chi connectivity index (χ4n) is 0.988. The van der Waals surface area contributed by atoms with Gasteiger partial charge in [0.1, 0.15) is 0 Å². The largest absolute Gasteiger partial charge is 0.322 e. The Morgan fingerprint density at radius 2 is 2.00 bits per heavy atom. The van der Waals surface area contributed by atoms with Gasteiger partial charge in [0.15, 0.2) is 0 Å². The standard InChI is InChI=1S/C10H9BrN2O3/c1-2-9(11)10(14)12-7-3-5-8(6-4-7)13(15)16/h2-6H,1H3,(H,12,14)/b9-2+. The summed E-state index contributed by atoms with van der Waals surface area (Å²) in [7, 11) is 0. The van der Waals surface area contributed by atoms with Gasteiger partial charge in [0.05, 0.1) is 9.41 Å². The van der Waals surface area contributed by atoms with Crippen LogP contribution in [0.4, 0.5) is 11.4 Å². The van der Waals surface area contributed by atoms with Crippen molar-refractivity contribution in [3.8, 4) is 0 Å². The molecule has 1 rings (SSSR count). The molecule has 0 aliphatic heterocycles. The number of hydrogen-bond acceptors (Lipinski definition) is 3. The van der Waals surface area contributed by atoms with Gasteiger partial charge in [0.25, 0.3) is 11.6 Å². The number of non-ortho nitro benzene ring substituents is 1. The molecule has 0 aliphatic carbocycles. The summed E-state index contributed by atoms with van der Waals surface area (Å²) in [4.78, 5) is 21.3. The summed E-state index contributed by atoms with van der Waals surface area (Å²) in [6, 6.07) is 5.62. The van der Waals surface area contributed by atoms with E-state index in [1.807, 2.05) is 0 Å². The van der Waals surface area contributed by atoms with Gasteiger partial charge in [-0.1, -0.05) is 6.08 Å². The number of nitrogens with one attached hydrogen (secondary N) is 1. The maximum atomic E-state index is 11.4. The third kappa shape index (κ3) is 3.16. The lowest BCUT2D eigenvalue weighted by molar-refractivity contribution is -0.384. The lowest BCUT2D eigenvalue weighted by atomic mass is 10.3. The summed E-state index contributed by atoms with van der Waals surface area (Å²) in [6.45, 7) is 1.72. The Balaban J connectivity index is 2.76. The van der Waals surface area contributed by atoms with Gasteiger partial charge in [0.2, 0.25) is 0 Å². The summed E-state index contributed by atoms with van der Waals surface area (Å²) in [6.07, 6.45) is 1.61. The van der Waals surface area contributed by atoms with Crippen molar-refractivity contribution in [2.24, 2.45) is 0 Å². The molecule has 5 nitrogen and oxygen atoms in total. The third-order valence-corrected chi connectivity index (χ3v) is 2.62. The molecule has 0 heterocycles. The van der Waals surface area contributed by atoms with Gasteiger partial charge < -0.3 is 5.32 Å². The van der Waals surface area contributed by atoms with Gasteiger partial charge in [0, 0.05) is 17.8 Å². The third-order valence-electron chi connectivity index (χ3n) is 1.81. The maximum Gasteiger partial charge on any atom is 0.269 e. The highest BCUT2D eigenvalue weighted by Gasteiger charge is 2.07. The molecule has 0 fully saturated rings. The molecule has 0 aromatic heterocycles. The number of carbonyl (C=O) groups is 1. The first-order valence-corrected chi connectivity index (χ1v) is 5.21. The number of nitrogens with zero attached hydrogens (tertiary/aromatic N) is 1. The van der Waals surface area contributed by atoms with Gasteiger partial charge in [-0.25, -0.2) is 0 Å². The van der Waals surface area contributed by atoms with Gasteiger partial charge in [-0.05, 0) is 35.0 Å². The number of anilines is 1. The molecule has 0 unspecified atom stereocenters. The average molecular weight is 285 g/mol. The van der Waals surface area contributed by atoms with Crippen LogP contribution < -0.4 is 5.32 Å². The zero-order chi connectivity index (χ0) is 12.1. The molecule has 0 bridgehead atoms. The molecule has 1 aromatic carbocycles. The van der Waals surface area contributed by atoms with Crippen molar-refractivity contribution in [3.05, 3.63) is 44.9 Å². The van der Waals surface area contributed by atoms with Crippen LogP contribution in [-0.2, 0) is 4.79 Å². The molecular weight excluding hydrogens is 276 g/mol. The molecule has 1 amide bonds. The van der Waals surface area contributed by atoms with Crippen LogP contribution in [-0.4, -0.2) is 10.8 Å². The van der Waals surface area contributed by atoms with Crippen molar-refractivity contribution < 1.29 is 9.72 Å². The number of hydrogen-bond donors (Lipinski definition) is 1. The van der Waals surface area contributed by atoms with E-state index in [2.05, 4.69) is 21.2 Å². The van der Waals surface area contributed by atoms with E-state index in [4.69, 9.17) is 0 Å². The highest BCUT2D eigenvalue weighted by molar-refractivity contribution is 9.12. The minimum atomic E-state index is -0.493. The minimum Gasteiger partial charge on any atom is -0.322 e. The molecule has 16 heavy (non-hydrogen) atoms. The number of nitro groups is 1. The first kappa shape index (κ1) is 12.4. The molecule has 0 radical (unpaired) electrons. The lowest BCUT2D eigenvalue weighted by Crippen LogP contribution is -2.10. The summed E-state index contributed by atoms with van der Waals surface area (Å²) < 4.78 is 0.408. The van der Waals surface area contributed by atoms with E-state index in [9.17, 15) is 14.9 Å². The summed E-state index contributed by atoms with van der Waals surface area (Å²) >= 11 is 3.08. The van der Waals surface area contributed by atoms with E-state index in [0.29, 0.717) is 10.2 Å². The number of halogens is 1. The molecule has 84 valence electrons. The van der Waals surface area contributed by atoms with Crippen LogP contribution in [0.3, 0.4) is 0 Å². The quantitative estimate of drug-likeness (QED) is 0.527. The van der Waals surface area contributed by atoms with Crippen molar-refractivity contribution in [2.45, 2.75) is 6.92 Å². The molecule has 6 heteroatoms. The number of amides is 1. The summed E-state index contributed by atoms with van der Waals surface area (Å²) in [5.74, 6) is -0.295. The number of rotatable bonds is 3. The minimum absolute atomic E-state index is 0.0110. The normalized spacial score (nSPS) is 11.0. The Morgan fingerprint density at radius 1 is 1.44 bits per heavy atom. The monoisotopic (exact) mass is 284 g/mol. The fourth-order valence-corrected chi connectivity index (χ4v) is 1.09. The predicted molar refractivity (Wildman–Crippen MR) is 64.4 cm³/mol. The summed E-state index contributed by atoms with van der Waals surface area (Å²) in [5.41, 5.74) is 0.498. The molecule has 0 saturated carbocycles. The number of nitro benzene ring substituents is 1. The van der Waals surface area contributed by atoms with Gasteiger partial charge in [-0.2, -0.15) is 0 Å². The van der Waals surface area contributed by atoms with Crippen LogP contribution in [0.2, 0.25) is 0 Å². The molecular formula is C10H9BrN2O3. The molecule has 1 aromatic rings. The lowest BCUT2D eigenvalue weighted by Gasteiger charge is -2.03. The van der Waals surface area contributed by atoms with Crippen LogP contribution in [0.25, 0.3) is 0 Å². The van der Waals surface area contributed by atoms with E-state index in [1.165, 1.54) is 24.3 Å². The van der Waals surface area contributed by atoms with Crippen LogP contribution in [0.15, 0.2) is 34.8 Å². The highest BCUT2D eigenvalue weighted by atomic mass is 79.9. The second-order valence-corrected chi connectivity index (χ2v) is 3.75. The van der Waals surface area contributed by atoms with Crippen molar-refractivity contribution >= 4 is 33.2 Å². The number of benzene rings is 1. The molecule has 0 saturated heterocycles. The van der Waals surface area contributed by atoms with Crippen molar-refractivity contribution in [2.75, 3.05) is 5.32 Å². The number of carbonyl (C=O) groups excluding carboxylic acids is 1. The van der Waals surface area contributed by atoms with Crippen molar-refractivity contribution in [1.29, 1.82) is 0 Å². The Labute approximate surface area is 100 Å². The van der Waals surface area contributed by atoms with E-state index in [1.54, 1.807) is 13.0 Å². The van der Waals surface area contributed by atoms with E-state index >= 15 is 0 Å². The topological polar surface area (TPSA) is 72.2 Å². The van der Waals surface area contributed by atoms with Gasteiger partial charge >= 0.3 is 0 Å². The first-order valence-electron chi connectivity index (χ1n) is 4.42. The molecule has 1 N–H and O–H groups in total. The number of allylic oxidation sites excluding steroid dienone is 1. The average Bonchev–Trinajstić information content (AvgIpc) is 2.28. The zero-order valence-electron chi connectivity index (χ0n) is 8.44. The Morgan fingerprint density at radius 3 is 2.44 bits per heavy atom. The smallest absolute Gasteiger partial charge is 0.269 e. The summed E-state index contributed by atoms with van der Waals surface area (Å²) in [5, 5.41) is 13.0. The molecule has 0 aliphatic rings. The molecule has 0 spiro atoms. The Bertz CT molecular complexity index is 440. The SMILES string of the molecule is C/C=C(/Br)C(=O)Nc1ccc([N+](=O)[O-])cc1. The van der Waals surface area contributed by atoms with Crippen LogP contribution in [0, 0.1) is 10.1 Å². The van der Waals surface area contributed by atoms with E-state index < -0.39 is 4.92 Å². The predicted octanol–water partition coefficient (Wildman–Crippen LogP) is 2.83. The van der Waals surface area contributed by atoms with E-state index in [-0.39, 0.29) is 11.6 Å². The fraction of sp³-hybridized carbons (Fsp3) is 0.100. The van der Waals surface area contributed by atoms with Crippen LogP contribution in [0.1, 0.15) is 6.92 Å². The van der Waals surface area contributed by atoms with Crippen molar-refractivity contribution in [1.82, 2.24) is 0 Å². The second-order valence-electron chi connectivity index (χ2n) is 2.89. The zero-order valence-corrected chi connectivity index (χ0v) is 10.0. The highest BCUT2D eigenvalue weighted by Crippen LogP contribution is 2.16. The van der Waals surface area contributed by atoms with Crippen LogP contribution >= 0.6 is 15.9 Å². The van der Waals surface area contributed by atoms with Gasteiger partial charge in [-0.15, -0.1) is 0 Å². The Hall–Kier alpha value is -1.69. The first-order chi connectivity index (χ1) is 7.54. The maximum absolute atomic E-state index is 11.4. The second kappa shape index (κ2) is 5.41. The van der Waals surface area contributed by atoms with Gasteiger partial charge in [-0.3, -0.25) is 14.9 Å². The molecule has 0 atom stereocenters. The van der Waals surface area contributed by atoms with E-state index in [0.717, 1.165) is 0 Å².